The minimum absolute atomic E-state index is 0.0550. The standard InChI is InChI=1S/C20H16F4N2O4/c1-9(30-17-5-4-11(6-15(17)21)19(28)29-3)12-7-13-16(8-14(12)20(22,23)24)25-10(2)26-18(13)27/h4-9H,1-3H3,(H,25,26,27)/t9-/m0/s1. The molecule has 3 rings (SSSR count). The van der Waals surface area contributed by atoms with Gasteiger partial charge in [-0.2, -0.15) is 13.2 Å². The normalized spacial score (nSPS) is 12.6. The molecule has 0 saturated heterocycles. The molecule has 30 heavy (non-hydrogen) atoms. The molecule has 1 N–H and O–H groups in total. The Labute approximate surface area is 167 Å². The average molecular weight is 424 g/mol. The lowest BCUT2D eigenvalue weighted by Gasteiger charge is -2.21. The molecule has 0 bridgehead atoms. The van der Waals surface area contributed by atoms with Crippen LogP contribution in [0.15, 0.2) is 35.1 Å². The fraction of sp³-hybridized carbons (Fsp3) is 0.250. The van der Waals surface area contributed by atoms with Crippen molar-refractivity contribution in [3.63, 3.8) is 0 Å². The van der Waals surface area contributed by atoms with Crippen molar-refractivity contribution in [2.24, 2.45) is 0 Å². The molecule has 10 heteroatoms. The second-order valence-electron chi connectivity index (χ2n) is 6.50. The number of nitrogens with one attached hydrogen (secondary N) is 1. The number of nitrogens with zero attached hydrogens (tertiary/aromatic N) is 1. The van der Waals surface area contributed by atoms with Crippen molar-refractivity contribution >= 4 is 16.9 Å². The van der Waals surface area contributed by atoms with E-state index in [4.69, 9.17) is 4.74 Å². The lowest BCUT2D eigenvalue weighted by molar-refractivity contribution is -0.138. The Morgan fingerprint density at radius 1 is 1.20 bits per heavy atom. The number of alkyl halides is 3. The molecule has 158 valence electrons. The summed E-state index contributed by atoms with van der Waals surface area (Å²) < 4.78 is 65.1. The van der Waals surface area contributed by atoms with E-state index in [0.29, 0.717) is 0 Å². The van der Waals surface area contributed by atoms with Crippen molar-refractivity contribution in [3.8, 4) is 5.75 Å². The molecule has 3 aromatic rings. The maximum absolute atomic E-state index is 14.3. The molecule has 0 unspecified atom stereocenters. The number of rotatable bonds is 4. The average Bonchev–Trinajstić information content (AvgIpc) is 2.67. The van der Waals surface area contributed by atoms with Gasteiger partial charge in [-0.15, -0.1) is 0 Å². The van der Waals surface area contributed by atoms with E-state index in [1.807, 2.05) is 0 Å². The number of carbonyl (C=O) groups is 1. The summed E-state index contributed by atoms with van der Waals surface area (Å²) in [5.74, 6) is -1.91. The van der Waals surface area contributed by atoms with Crippen LogP contribution in [0.5, 0.6) is 5.75 Å². The molecule has 1 aromatic heterocycles. The van der Waals surface area contributed by atoms with Gasteiger partial charge in [0, 0.05) is 5.56 Å². The van der Waals surface area contributed by atoms with Crippen LogP contribution in [0.1, 0.15) is 40.3 Å². The minimum Gasteiger partial charge on any atom is -0.483 e. The van der Waals surface area contributed by atoms with Gasteiger partial charge in [0.15, 0.2) is 11.6 Å². The Bertz CT molecular complexity index is 1190. The van der Waals surface area contributed by atoms with Crippen LogP contribution >= 0.6 is 0 Å². The van der Waals surface area contributed by atoms with Crippen LogP contribution < -0.4 is 10.3 Å². The van der Waals surface area contributed by atoms with Crippen molar-refractivity contribution in [2.45, 2.75) is 26.1 Å². The molecule has 0 saturated carbocycles. The lowest BCUT2D eigenvalue weighted by atomic mass is 9.99. The number of esters is 1. The van der Waals surface area contributed by atoms with Gasteiger partial charge in [-0.05, 0) is 44.2 Å². The van der Waals surface area contributed by atoms with Gasteiger partial charge in [0.05, 0.1) is 29.1 Å². The fourth-order valence-corrected chi connectivity index (χ4v) is 3.00. The number of methoxy groups -OCH3 is 1. The third kappa shape index (κ3) is 4.12. The number of halogens is 4. The van der Waals surface area contributed by atoms with Gasteiger partial charge in [0.25, 0.3) is 5.56 Å². The van der Waals surface area contributed by atoms with Gasteiger partial charge in [-0.1, -0.05) is 0 Å². The van der Waals surface area contributed by atoms with Gasteiger partial charge in [-0.3, -0.25) is 4.79 Å². The Morgan fingerprint density at radius 2 is 1.90 bits per heavy atom. The Hall–Kier alpha value is -3.43. The van der Waals surface area contributed by atoms with E-state index in [1.54, 1.807) is 0 Å². The second kappa shape index (κ2) is 7.77. The summed E-state index contributed by atoms with van der Waals surface area (Å²) in [5, 5.41) is -0.0550. The van der Waals surface area contributed by atoms with E-state index in [2.05, 4.69) is 14.7 Å². The molecule has 6 nitrogen and oxygen atoms in total. The third-order valence-corrected chi connectivity index (χ3v) is 4.40. The number of H-pyrrole nitrogens is 1. The highest BCUT2D eigenvalue weighted by molar-refractivity contribution is 5.89. The molecule has 2 aromatic carbocycles. The van der Waals surface area contributed by atoms with Gasteiger partial charge in [0.2, 0.25) is 0 Å². The number of aromatic nitrogens is 2. The number of hydrogen-bond donors (Lipinski definition) is 1. The maximum Gasteiger partial charge on any atom is 0.416 e. The van der Waals surface area contributed by atoms with Crippen LogP contribution in [0.25, 0.3) is 10.9 Å². The SMILES string of the molecule is COC(=O)c1ccc(O[C@@H](C)c2cc3c(=O)[nH]c(C)nc3cc2C(F)(F)F)c(F)c1. The van der Waals surface area contributed by atoms with Crippen LogP contribution in [0, 0.1) is 12.7 Å². The zero-order valence-corrected chi connectivity index (χ0v) is 16.1. The summed E-state index contributed by atoms with van der Waals surface area (Å²) >= 11 is 0. The smallest absolute Gasteiger partial charge is 0.416 e. The van der Waals surface area contributed by atoms with E-state index in [-0.39, 0.29) is 33.6 Å². The minimum atomic E-state index is -4.76. The molecule has 0 spiro atoms. The van der Waals surface area contributed by atoms with E-state index < -0.39 is 35.2 Å². The lowest BCUT2D eigenvalue weighted by Crippen LogP contribution is -2.17. The molecule has 0 fully saturated rings. The Morgan fingerprint density at radius 3 is 2.50 bits per heavy atom. The highest BCUT2D eigenvalue weighted by Gasteiger charge is 2.36. The first-order valence-corrected chi connectivity index (χ1v) is 8.67. The number of fused-ring (bicyclic) bond motifs is 1. The van der Waals surface area contributed by atoms with Crippen LogP contribution in [-0.2, 0) is 10.9 Å². The number of aromatic amines is 1. The highest BCUT2D eigenvalue weighted by Crippen LogP contribution is 2.38. The summed E-state index contributed by atoms with van der Waals surface area (Å²) in [6.45, 7) is 2.74. The van der Waals surface area contributed by atoms with Gasteiger partial charge >= 0.3 is 12.1 Å². The molecular weight excluding hydrogens is 408 g/mol. The number of carbonyl (C=O) groups excluding carboxylic acids is 1. The highest BCUT2D eigenvalue weighted by atomic mass is 19.4. The zero-order chi connectivity index (χ0) is 22.2. The molecule has 0 radical (unpaired) electrons. The molecule has 0 amide bonds. The second-order valence-corrected chi connectivity index (χ2v) is 6.50. The first kappa shape index (κ1) is 21.3. The molecule has 1 atom stereocenters. The van der Waals surface area contributed by atoms with Gasteiger partial charge in [-0.25, -0.2) is 14.2 Å². The van der Waals surface area contributed by atoms with Crippen molar-refractivity contribution in [3.05, 3.63) is 69.0 Å². The first-order valence-electron chi connectivity index (χ1n) is 8.67. The van der Waals surface area contributed by atoms with Gasteiger partial charge in [0.1, 0.15) is 11.9 Å². The van der Waals surface area contributed by atoms with Crippen LogP contribution in [-0.4, -0.2) is 23.0 Å². The van der Waals surface area contributed by atoms with Crippen LogP contribution in [0.4, 0.5) is 17.6 Å². The molecule has 0 aliphatic rings. The maximum atomic E-state index is 14.3. The predicted molar refractivity (Wildman–Crippen MR) is 98.9 cm³/mol. The van der Waals surface area contributed by atoms with E-state index in [0.717, 1.165) is 31.4 Å². The topological polar surface area (TPSA) is 81.3 Å². The summed E-state index contributed by atoms with van der Waals surface area (Å²) in [7, 11) is 1.13. The van der Waals surface area contributed by atoms with Crippen molar-refractivity contribution in [2.75, 3.05) is 7.11 Å². The monoisotopic (exact) mass is 424 g/mol. The number of benzene rings is 2. The van der Waals surface area contributed by atoms with Crippen molar-refractivity contribution in [1.29, 1.82) is 0 Å². The number of hydrogen-bond acceptors (Lipinski definition) is 5. The molecule has 0 aliphatic carbocycles. The summed E-state index contributed by atoms with van der Waals surface area (Å²) in [6, 6.07) is 5.00. The van der Waals surface area contributed by atoms with Crippen LogP contribution in [0.2, 0.25) is 0 Å². The summed E-state index contributed by atoms with van der Waals surface area (Å²) in [6.07, 6.45) is -6.03. The summed E-state index contributed by atoms with van der Waals surface area (Å²) in [4.78, 5) is 30.0. The van der Waals surface area contributed by atoms with E-state index in [1.165, 1.54) is 19.9 Å². The van der Waals surface area contributed by atoms with Crippen molar-refractivity contribution in [1.82, 2.24) is 9.97 Å². The zero-order valence-electron chi connectivity index (χ0n) is 16.1. The fourth-order valence-electron chi connectivity index (χ4n) is 3.00. The third-order valence-electron chi connectivity index (χ3n) is 4.40. The molecule has 0 aliphatic heterocycles. The molecular formula is C20H16F4N2O4. The van der Waals surface area contributed by atoms with Crippen molar-refractivity contribution < 1.29 is 31.8 Å². The summed E-state index contributed by atoms with van der Waals surface area (Å²) in [5.41, 5.74) is -2.21. The van der Waals surface area contributed by atoms with E-state index in [9.17, 15) is 27.2 Å². The largest absolute Gasteiger partial charge is 0.483 e. The number of ether oxygens (including phenoxy) is 2. The van der Waals surface area contributed by atoms with Crippen LogP contribution in [0.3, 0.4) is 0 Å². The van der Waals surface area contributed by atoms with E-state index >= 15 is 0 Å². The molecule has 1 heterocycles. The van der Waals surface area contributed by atoms with Gasteiger partial charge < -0.3 is 14.5 Å². The Balaban J connectivity index is 2.07. The predicted octanol–water partition coefficient (Wildman–Crippen LogP) is 4.32. The Kier molecular flexibility index (Phi) is 5.51. The number of aryl methyl sites for hydroxylation is 1. The first-order chi connectivity index (χ1) is 14.0. The quantitative estimate of drug-likeness (QED) is 0.499.